The number of halogens is 18. The molecule has 0 spiro atoms. The Morgan fingerprint density at radius 2 is 0.375 bits per heavy atom. The van der Waals surface area contributed by atoms with Gasteiger partial charge in [-0.1, -0.05) is 0 Å². The van der Waals surface area contributed by atoms with Crippen LogP contribution in [-0.4, -0.2) is 62.7 Å². The third-order valence-electron chi connectivity index (χ3n) is 7.22. The van der Waals surface area contributed by atoms with Crippen molar-refractivity contribution in [3.05, 3.63) is 0 Å². The summed E-state index contributed by atoms with van der Waals surface area (Å²) in [6, 6.07) is -4.95. The first-order chi connectivity index (χ1) is 21.4. The molecule has 0 aromatic heterocycles. The van der Waals surface area contributed by atoms with Gasteiger partial charge in [-0.25, -0.2) is 0 Å². The van der Waals surface area contributed by atoms with Crippen molar-refractivity contribution in [2.24, 2.45) is 0 Å². The molecule has 0 unspecified atom stereocenters. The Labute approximate surface area is 267 Å². The molecule has 0 radical (unpaired) electrons. The zero-order valence-corrected chi connectivity index (χ0v) is 28.3. The maximum Gasteiger partial charge on any atom is 0.389 e. The minimum absolute atomic E-state index is 0.825. The van der Waals surface area contributed by atoms with E-state index in [0.717, 1.165) is 0 Å². The van der Waals surface area contributed by atoms with Crippen LogP contribution in [0.25, 0.3) is 0 Å². The van der Waals surface area contributed by atoms with E-state index in [-0.39, 0.29) is 0 Å². The van der Waals surface area contributed by atoms with Gasteiger partial charge in [-0.15, -0.1) is 0 Å². The summed E-state index contributed by atoms with van der Waals surface area (Å²) in [6.07, 6.45) is -44.1. The Bertz CT molecular complexity index is 754. The van der Waals surface area contributed by atoms with Crippen molar-refractivity contribution < 1.29 is 91.4 Å². The van der Waals surface area contributed by atoms with Crippen LogP contribution in [0.15, 0.2) is 0 Å². The molecular formula is C24H36F18O3Si3. The Kier molecular flexibility index (Phi) is 16.2. The molecule has 1 rings (SSSR count). The molecule has 1 aliphatic heterocycles. The van der Waals surface area contributed by atoms with Gasteiger partial charge in [-0.3, -0.25) is 0 Å². The van der Waals surface area contributed by atoms with E-state index in [1.165, 1.54) is 0 Å². The summed E-state index contributed by atoms with van der Waals surface area (Å²) < 4.78 is 254. The van der Waals surface area contributed by atoms with Crippen LogP contribution in [0.4, 0.5) is 79.0 Å². The van der Waals surface area contributed by atoms with Crippen molar-refractivity contribution >= 4 is 25.7 Å². The van der Waals surface area contributed by atoms with Gasteiger partial charge in [0.2, 0.25) is 0 Å². The molecule has 1 saturated heterocycles. The van der Waals surface area contributed by atoms with E-state index < -0.39 is 176 Å². The fourth-order valence-corrected chi connectivity index (χ4v) is 25.1. The second kappa shape index (κ2) is 17.2. The molecule has 0 atom stereocenters. The van der Waals surface area contributed by atoms with Gasteiger partial charge in [0.05, 0.1) is 0 Å². The lowest BCUT2D eigenvalue weighted by Crippen LogP contribution is -2.70. The molecule has 0 bridgehead atoms. The highest BCUT2D eigenvalue weighted by Gasteiger charge is 2.61. The second-order valence-corrected chi connectivity index (χ2v) is 22.8. The molecule has 1 fully saturated rings. The minimum Gasteiger partial charge on any atom is -0.415 e. The molecule has 0 aromatic carbocycles. The fraction of sp³-hybridized carbons (Fsp3) is 1.00. The molecule has 24 heteroatoms. The van der Waals surface area contributed by atoms with E-state index in [2.05, 4.69) is 0 Å². The van der Waals surface area contributed by atoms with Crippen molar-refractivity contribution in [1.82, 2.24) is 0 Å². The van der Waals surface area contributed by atoms with Gasteiger partial charge in [0.15, 0.2) is 0 Å². The van der Waals surface area contributed by atoms with Crippen LogP contribution in [0.5, 0.6) is 0 Å². The van der Waals surface area contributed by atoms with Crippen molar-refractivity contribution in [2.75, 3.05) is 0 Å². The zero-order chi connectivity index (χ0) is 37.3. The lowest BCUT2D eigenvalue weighted by Gasteiger charge is -2.54. The van der Waals surface area contributed by atoms with Gasteiger partial charge in [-0.2, -0.15) is 79.0 Å². The average molecular weight is 799 g/mol. The summed E-state index contributed by atoms with van der Waals surface area (Å²) >= 11 is 0. The maximum atomic E-state index is 13.1. The highest BCUT2D eigenvalue weighted by molar-refractivity contribution is 6.94. The number of rotatable bonds is 18. The highest BCUT2D eigenvalue weighted by Crippen LogP contribution is 2.48. The SMILES string of the molecule is FC(F)(F)CCC[Si]1(CCCC(F)(F)F)O[Si](CCCC(F)(F)F)(CCCC(F)(F)F)O[Si](CCCC(F)(F)F)(CCCC(F)(F)F)O1. The van der Waals surface area contributed by atoms with Crippen LogP contribution in [0, 0.1) is 0 Å². The average Bonchev–Trinajstić information content (AvgIpc) is 2.78. The first-order valence-corrected chi connectivity index (χ1v) is 21.6. The van der Waals surface area contributed by atoms with Crippen LogP contribution >= 0.6 is 0 Å². The van der Waals surface area contributed by atoms with Gasteiger partial charge in [0.25, 0.3) is 0 Å². The molecule has 3 nitrogen and oxygen atoms in total. The first-order valence-electron chi connectivity index (χ1n) is 14.9. The molecule has 1 heterocycles. The quantitative estimate of drug-likeness (QED) is 0.102. The van der Waals surface area contributed by atoms with E-state index in [9.17, 15) is 79.0 Å². The molecule has 0 N–H and O–H groups in total. The Morgan fingerprint density at radius 1 is 0.250 bits per heavy atom. The molecule has 48 heavy (non-hydrogen) atoms. The smallest absolute Gasteiger partial charge is 0.389 e. The van der Waals surface area contributed by atoms with Crippen LogP contribution in [0.3, 0.4) is 0 Å². The van der Waals surface area contributed by atoms with Crippen LogP contribution in [-0.2, 0) is 12.3 Å². The van der Waals surface area contributed by atoms with Crippen LogP contribution in [0.2, 0.25) is 36.3 Å². The van der Waals surface area contributed by atoms with Crippen LogP contribution in [0.1, 0.15) is 77.0 Å². The van der Waals surface area contributed by atoms with E-state index >= 15 is 0 Å². The minimum atomic E-state index is -4.85. The third-order valence-corrected chi connectivity index (χ3v) is 22.8. The summed E-state index contributed by atoms with van der Waals surface area (Å²) in [5.41, 5.74) is 0. The first kappa shape index (κ1) is 45.3. The molecule has 288 valence electrons. The molecule has 0 amide bonds. The number of hydrogen-bond acceptors (Lipinski definition) is 3. The second-order valence-electron chi connectivity index (χ2n) is 11.9. The highest BCUT2D eigenvalue weighted by atomic mass is 28.5. The molecule has 0 aliphatic carbocycles. The fourth-order valence-electron chi connectivity index (χ4n) is 5.42. The van der Waals surface area contributed by atoms with E-state index in [1.807, 2.05) is 0 Å². The van der Waals surface area contributed by atoms with Gasteiger partial charge in [0.1, 0.15) is 0 Å². The van der Waals surface area contributed by atoms with E-state index in [1.54, 1.807) is 0 Å². The summed E-state index contributed by atoms with van der Waals surface area (Å²) in [4.78, 5) is 0. The summed E-state index contributed by atoms with van der Waals surface area (Å²) in [5.74, 6) is 0. The predicted octanol–water partition coefficient (Wildman–Crippen LogP) is 12.4. The largest absolute Gasteiger partial charge is 0.415 e. The monoisotopic (exact) mass is 798 g/mol. The van der Waals surface area contributed by atoms with Crippen molar-refractivity contribution in [1.29, 1.82) is 0 Å². The van der Waals surface area contributed by atoms with Gasteiger partial charge in [0, 0.05) is 38.5 Å². The van der Waals surface area contributed by atoms with Crippen molar-refractivity contribution in [3.63, 3.8) is 0 Å². The molecule has 1 aliphatic rings. The number of alkyl halides is 18. The lowest BCUT2D eigenvalue weighted by atomic mass is 10.3. The molecule has 0 aromatic rings. The standard InChI is InChI=1S/C24H36F18O3Si3/c25-19(26,27)7-1-13-46(14-2-8-20(28,29)30)43-47(15-3-9-21(31,32)33,16-4-10-22(34,35)36)45-48(44-46,17-5-11-23(37,38)39)18-6-12-24(40,41)42/h1-18H2. The predicted molar refractivity (Wildman–Crippen MR) is 141 cm³/mol. The Hall–Kier alpha value is -0.729. The maximum absolute atomic E-state index is 13.1. The Morgan fingerprint density at radius 3 is 0.479 bits per heavy atom. The van der Waals surface area contributed by atoms with E-state index in [4.69, 9.17) is 12.3 Å². The van der Waals surface area contributed by atoms with Crippen molar-refractivity contribution in [2.45, 2.75) is 150 Å². The van der Waals surface area contributed by atoms with Crippen molar-refractivity contribution in [3.8, 4) is 0 Å². The van der Waals surface area contributed by atoms with Crippen LogP contribution < -0.4 is 0 Å². The summed E-state index contributed by atoms with van der Waals surface area (Å²) in [6.45, 7) is 0. The topological polar surface area (TPSA) is 27.7 Å². The third kappa shape index (κ3) is 20.8. The van der Waals surface area contributed by atoms with Gasteiger partial charge >= 0.3 is 62.7 Å². The molecular weight excluding hydrogens is 762 g/mol. The summed E-state index contributed by atoms with van der Waals surface area (Å²) in [5, 5.41) is 0. The van der Waals surface area contributed by atoms with Gasteiger partial charge in [-0.05, 0) is 74.8 Å². The Balaban J connectivity index is 3.83. The normalized spacial score (nSPS) is 19.1. The number of hydrogen-bond donors (Lipinski definition) is 0. The van der Waals surface area contributed by atoms with E-state index in [0.29, 0.717) is 0 Å². The summed E-state index contributed by atoms with van der Waals surface area (Å²) in [7, 11) is -14.0. The zero-order valence-electron chi connectivity index (χ0n) is 25.3. The van der Waals surface area contributed by atoms with Gasteiger partial charge < -0.3 is 12.3 Å². The lowest BCUT2D eigenvalue weighted by molar-refractivity contribution is -0.135. The molecule has 0 saturated carbocycles.